The average molecular weight is 264 g/mol. The maximum absolute atomic E-state index is 13.3. The van der Waals surface area contributed by atoms with E-state index >= 15 is 0 Å². The molecule has 0 fully saturated rings. The van der Waals surface area contributed by atoms with Crippen molar-refractivity contribution >= 4 is 17.4 Å². The number of hydrogen-bond acceptors (Lipinski definition) is 3. The Morgan fingerprint density at radius 3 is 2.53 bits per heavy atom. The van der Waals surface area contributed by atoms with Gasteiger partial charge in [0, 0.05) is 13.1 Å². The number of hydrogen-bond donors (Lipinski definition) is 0. The van der Waals surface area contributed by atoms with E-state index in [1.165, 1.54) is 23.1 Å². The van der Waals surface area contributed by atoms with Gasteiger partial charge < -0.3 is 9.80 Å². The summed E-state index contributed by atoms with van der Waals surface area (Å²) in [5, 5.41) is 0. The first kappa shape index (κ1) is 13.7. The predicted molar refractivity (Wildman–Crippen MR) is 70.9 cm³/mol. The Hall–Kier alpha value is -1.75. The van der Waals surface area contributed by atoms with Crippen molar-refractivity contribution in [3.8, 4) is 0 Å². The minimum absolute atomic E-state index is 0.297. The predicted octanol–water partition coefficient (Wildman–Crippen LogP) is 1.70. The van der Waals surface area contributed by atoms with Gasteiger partial charge in [-0.25, -0.2) is 4.39 Å². The van der Waals surface area contributed by atoms with Gasteiger partial charge in [0.25, 0.3) is 11.7 Å². The van der Waals surface area contributed by atoms with Gasteiger partial charge in [0.05, 0.1) is 11.3 Å². The van der Waals surface area contributed by atoms with E-state index in [9.17, 15) is 14.0 Å². The third-order valence-corrected chi connectivity index (χ3v) is 3.47. The highest BCUT2D eigenvalue weighted by molar-refractivity contribution is 6.52. The Morgan fingerprint density at radius 1 is 1.21 bits per heavy atom. The van der Waals surface area contributed by atoms with Crippen LogP contribution < -0.4 is 4.90 Å². The lowest BCUT2D eigenvalue weighted by atomic mass is 10.1. The number of likely N-dealkylation sites (N-methyl/N-ethyl adjacent to an activating group) is 1. The topological polar surface area (TPSA) is 40.6 Å². The second kappa shape index (κ2) is 5.48. The number of halogens is 1. The Morgan fingerprint density at radius 2 is 1.89 bits per heavy atom. The van der Waals surface area contributed by atoms with Gasteiger partial charge in [-0.15, -0.1) is 0 Å². The summed E-state index contributed by atoms with van der Waals surface area (Å²) < 4.78 is 13.3. The molecule has 0 aliphatic carbocycles. The van der Waals surface area contributed by atoms with Crippen molar-refractivity contribution in [1.82, 2.24) is 4.90 Å². The summed E-state index contributed by atoms with van der Waals surface area (Å²) in [5.41, 5.74) is 0.688. The number of anilines is 1. The van der Waals surface area contributed by atoms with Crippen molar-refractivity contribution in [2.24, 2.45) is 0 Å². The lowest BCUT2D eigenvalue weighted by Gasteiger charge is -2.22. The molecule has 5 heteroatoms. The molecule has 0 saturated heterocycles. The highest BCUT2D eigenvalue weighted by atomic mass is 19.1. The zero-order valence-electron chi connectivity index (χ0n) is 11.1. The second-order valence-electron chi connectivity index (χ2n) is 4.47. The Kier molecular flexibility index (Phi) is 3.95. The lowest BCUT2D eigenvalue weighted by Crippen LogP contribution is -2.38. The van der Waals surface area contributed by atoms with Crippen LogP contribution in [-0.4, -0.2) is 42.8 Å². The molecule has 1 aromatic carbocycles. The number of rotatable bonds is 5. The van der Waals surface area contributed by atoms with E-state index in [1.807, 2.05) is 13.8 Å². The smallest absolute Gasteiger partial charge is 0.299 e. The standard InChI is InChI=1S/C14H17FN2O2/c1-3-16(4-2)7-8-17-12-9-10(15)5-6-11(12)13(18)14(17)19/h5-6,9H,3-4,7-8H2,1-2H3. The van der Waals surface area contributed by atoms with Crippen LogP contribution in [0, 0.1) is 5.82 Å². The molecule has 102 valence electrons. The molecule has 0 atom stereocenters. The van der Waals surface area contributed by atoms with E-state index in [2.05, 4.69) is 4.90 Å². The number of Topliss-reactive ketones (excluding diaryl/α,β-unsaturated/α-hetero) is 1. The van der Waals surface area contributed by atoms with Crippen molar-refractivity contribution < 1.29 is 14.0 Å². The first-order valence-electron chi connectivity index (χ1n) is 6.46. The molecule has 0 bridgehead atoms. The van der Waals surface area contributed by atoms with Gasteiger partial charge in [-0.2, -0.15) is 0 Å². The van der Waals surface area contributed by atoms with Crippen LogP contribution in [0.2, 0.25) is 0 Å². The fourth-order valence-corrected chi connectivity index (χ4v) is 2.27. The van der Waals surface area contributed by atoms with Crippen LogP contribution in [-0.2, 0) is 4.79 Å². The second-order valence-corrected chi connectivity index (χ2v) is 4.47. The number of fused-ring (bicyclic) bond motifs is 1. The number of ketones is 1. The molecule has 0 unspecified atom stereocenters. The van der Waals surface area contributed by atoms with Crippen LogP contribution in [0.25, 0.3) is 0 Å². The van der Waals surface area contributed by atoms with Gasteiger partial charge in [-0.1, -0.05) is 13.8 Å². The molecular weight excluding hydrogens is 247 g/mol. The zero-order chi connectivity index (χ0) is 14.0. The minimum atomic E-state index is -0.562. The van der Waals surface area contributed by atoms with Crippen molar-refractivity contribution in [3.63, 3.8) is 0 Å². The first-order valence-corrected chi connectivity index (χ1v) is 6.46. The SMILES string of the molecule is CCN(CC)CCN1C(=O)C(=O)c2ccc(F)cc21. The van der Waals surface area contributed by atoms with Crippen molar-refractivity contribution in [2.45, 2.75) is 13.8 Å². The van der Waals surface area contributed by atoms with Gasteiger partial charge >= 0.3 is 0 Å². The molecule has 1 aliphatic rings. The van der Waals surface area contributed by atoms with Gasteiger partial charge in [-0.05, 0) is 31.3 Å². The molecule has 1 amide bonds. The van der Waals surface area contributed by atoms with Crippen molar-refractivity contribution in [3.05, 3.63) is 29.6 Å². The molecule has 0 radical (unpaired) electrons. The first-order chi connectivity index (χ1) is 9.08. The maximum atomic E-state index is 13.3. The molecule has 2 rings (SSSR count). The van der Waals surface area contributed by atoms with E-state index in [1.54, 1.807) is 0 Å². The Bertz CT molecular complexity index is 512. The molecule has 1 aliphatic heterocycles. The number of benzene rings is 1. The maximum Gasteiger partial charge on any atom is 0.299 e. The van der Waals surface area contributed by atoms with Crippen molar-refractivity contribution in [2.75, 3.05) is 31.1 Å². The third kappa shape index (κ3) is 2.51. The quantitative estimate of drug-likeness (QED) is 0.760. The summed E-state index contributed by atoms with van der Waals surface area (Å²) in [4.78, 5) is 27.2. The molecule has 0 N–H and O–H groups in total. The highest BCUT2D eigenvalue weighted by Gasteiger charge is 2.35. The van der Waals surface area contributed by atoms with E-state index in [0.29, 0.717) is 24.3 Å². The molecule has 19 heavy (non-hydrogen) atoms. The molecule has 4 nitrogen and oxygen atoms in total. The summed E-state index contributed by atoms with van der Waals surface area (Å²) in [6, 6.07) is 3.83. The van der Waals surface area contributed by atoms with Crippen LogP contribution in [0.3, 0.4) is 0 Å². The normalized spacial score (nSPS) is 14.4. The molecule has 0 spiro atoms. The Labute approximate surface area is 111 Å². The number of carbonyl (C=O) groups is 2. The fourth-order valence-electron chi connectivity index (χ4n) is 2.27. The third-order valence-electron chi connectivity index (χ3n) is 3.47. The van der Waals surface area contributed by atoms with Crippen LogP contribution in [0.15, 0.2) is 18.2 Å². The Balaban J connectivity index is 2.20. The largest absolute Gasteiger partial charge is 0.303 e. The van der Waals surface area contributed by atoms with E-state index in [0.717, 1.165) is 13.1 Å². The zero-order valence-corrected chi connectivity index (χ0v) is 11.1. The van der Waals surface area contributed by atoms with Crippen LogP contribution in [0.1, 0.15) is 24.2 Å². The number of nitrogens with zero attached hydrogens (tertiary/aromatic N) is 2. The van der Waals surface area contributed by atoms with Gasteiger partial charge in [0.2, 0.25) is 0 Å². The van der Waals surface area contributed by atoms with Crippen molar-refractivity contribution in [1.29, 1.82) is 0 Å². The van der Waals surface area contributed by atoms with Crippen LogP contribution in [0.5, 0.6) is 0 Å². The summed E-state index contributed by atoms with van der Waals surface area (Å²) in [5.74, 6) is -1.55. The minimum Gasteiger partial charge on any atom is -0.303 e. The molecule has 1 aromatic rings. The summed E-state index contributed by atoms with van der Waals surface area (Å²) >= 11 is 0. The molecule has 1 heterocycles. The van der Waals surface area contributed by atoms with E-state index in [4.69, 9.17) is 0 Å². The van der Waals surface area contributed by atoms with Crippen LogP contribution in [0.4, 0.5) is 10.1 Å². The van der Waals surface area contributed by atoms with Crippen LogP contribution >= 0.6 is 0 Å². The average Bonchev–Trinajstić information content (AvgIpc) is 2.64. The van der Waals surface area contributed by atoms with Gasteiger partial charge in [0.1, 0.15) is 5.82 Å². The summed E-state index contributed by atoms with van der Waals surface area (Å²) in [6.45, 7) is 6.90. The number of amides is 1. The monoisotopic (exact) mass is 264 g/mol. The van der Waals surface area contributed by atoms with E-state index in [-0.39, 0.29) is 0 Å². The number of carbonyl (C=O) groups excluding carboxylic acids is 2. The fraction of sp³-hybridized carbons (Fsp3) is 0.429. The summed E-state index contributed by atoms with van der Waals surface area (Å²) in [6.07, 6.45) is 0. The molecule has 0 saturated carbocycles. The highest BCUT2D eigenvalue weighted by Crippen LogP contribution is 2.29. The lowest BCUT2D eigenvalue weighted by molar-refractivity contribution is -0.114. The van der Waals surface area contributed by atoms with E-state index < -0.39 is 17.5 Å². The van der Waals surface area contributed by atoms with Gasteiger partial charge in [-0.3, -0.25) is 9.59 Å². The molecular formula is C14H17FN2O2. The molecule has 0 aromatic heterocycles. The van der Waals surface area contributed by atoms with Gasteiger partial charge in [0.15, 0.2) is 0 Å². The summed E-state index contributed by atoms with van der Waals surface area (Å²) in [7, 11) is 0.